The Morgan fingerprint density at radius 3 is 2.03 bits per heavy atom. The molecule has 0 radical (unpaired) electrons. The fraction of sp³-hybridized carbons (Fsp3) is 0.483. The highest BCUT2D eigenvalue weighted by Crippen LogP contribution is 2.69. The molecule has 204 valence electrons. The van der Waals surface area contributed by atoms with E-state index in [9.17, 15) is 22.8 Å². The van der Waals surface area contributed by atoms with Crippen molar-refractivity contribution in [2.75, 3.05) is 11.4 Å². The quantitative estimate of drug-likeness (QED) is 0.512. The molecule has 1 saturated heterocycles. The molecule has 0 aromatic heterocycles. The van der Waals surface area contributed by atoms with E-state index in [1.807, 2.05) is 39.8 Å². The number of nitrogens with two attached hydrogens (primary N) is 1. The minimum atomic E-state index is -3.81. The zero-order valence-electron chi connectivity index (χ0n) is 22.9. The summed E-state index contributed by atoms with van der Waals surface area (Å²) in [5.74, 6) is -0.825. The second-order valence-corrected chi connectivity index (χ2v) is 13.4. The summed E-state index contributed by atoms with van der Waals surface area (Å²) < 4.78 is 23.2. The number of primary sulfonamides is 1. The van der Waals surface area contributed by atoms with Crippen LogP contribution in [0.15, 0.2) is 53.4 Å². The van der Waals surface area contributed by atoms with Gasteiger partial charge in [0, 0.05) is 12.5 Å². The van der Waals surface area contributed by atoms with Crippen molar-refractivity contribution >= 4 is 33.4 Å². The largest absolute Gasteiger partial charge is 0.329 e. The lowest BCUT2D eigenvalue weighted by Gasteiger charge is -2.29. The van der Waals surface area contributed by atoms with Crippen molar-refractivity contribution in [2.24, 2.45) is 21.9 Å². The monoisotopic (exact) mass is 539 g/mol. The van der Waals surface area contributed by atoms with Gasteiger partial charge in [-0.1, -0.05) is 65.8 Å². The summed E-state index contributed by atoms with van der Waals surface area (Å²) in [6.07, 6.45) is 0.319. The molecule has 1 saturated carbocycles. The third-order valence-electron chi connectivity index (χ3n) is 8.76. The second kappa shape index (κ2) is 9.61. The molecule has 1 aliphatic carbocycles. The average Bonchev–Trinajstić information content (AvgIpc) is 3.06. The molecule has 9 heteroatoms. The van der Waals surface area contributed by atoms with E-state index in [0.717, 1.165) is 11.1 Å². The first-order valence-corrected chi connectivity index (χ1v) is 14.5. The predicted octanol–water partition coefficient (Wildman–Crippen LogP) is 3.84. The number of benzene rings is 2. The van der Waals surface area contributed by atoms with Crippen molar-refractivity contribution in [2.45, 2.75) is 71.2 Å². The Morgan fingerprint density at radius 2 is 1.55 bits per heavy atom. The second-order valence-electron chi connectivity index (χ2n) is 11.9. The normalized spacial score (nSPS) is 20.7. The first-order valence-electron chi connectivity index (χ1n) is 13.0. The summed E-state index contributed by atoms with van der Waals surface area (Å²) in [5, 5.41) is 5.20. The fourth-order valence-corrected chi connectivity index (χ4v) is 6.15. The molecule has 8 nitrogen and oxygen atoms in total. The molecule has 2 aromatic carbocycles. The minimum Gasteiger partial charge on any atom is -0.329 e. The zero-order chi connectivity index (χ0) is 28.2. The maximum absolute atomic E-state index is 13.9. The number of anilines is 1. The third kappa shape index (κ3) is 4.89. The summed E-state index contributed by atoms with van der Waals surface area (Å²) in [7, 11) is -3.81. The number of rotatable bonds is 8. The van der Waals surface area contributed by atoms with Crippen LogP contribution in [0.4, 0.5) is 5.69 Å². The van der Waals surface area contributed by atoms with Gasteiger partial charge >= 0.3 is 0 Å². The molecular weight excluding hydrogens is 502 g/mol. The maximum atomic E-state index is 13.9. The Bertz CT molecular complexity index is 1350. The average molecular weight is 540 g/mol. The molecule has 38 heavy (non-hydrogen) atoms. The third-order valence-corrected chi connectivity index (χ3v) is 9.69. The van der Waals surface area contributed by atoms with Gasteiger partial charge in [-0.25, -0.2) is 18.5 Å². The zero-order valence-corrected chi connectivity index (χ0v) is 23.7. The van der Waals surface area contributed by atoms with Crippen LogP contribution in [0, 0.1) is 16.7 Å². The van der Waals surface area contributed by atoms with Gasteiger partial charge in [0.1, 0.15) is 6.04 Å². The number of hydrogen-bond donors (Lipinski definition) is 1. The molecule has 1 atom stereocenters. The lowest BCUT2D eigenvalue weighted by molar-refractivity contribution is -0.140. The van der Waals surface area contributed by atoms with Gasteiger partial charge in [-0.05, 0) is 58.6 Å². The van der Waals surface area contributed by atoms with Crippen LogP contribution < -0.4 is 10.0 Å². The first kappa shape index (κ1) is 28.0. The highest BCUT2D eigenvalue weighted by atomic mass is 32.2. The standard InChI is InChI=1S/C29H37N3O5S/c1-18(2)20-9-11-21(12-10-20)32-24(33)17-23(26(32)34)31(27(35)25-28(3,4)29(25,5)6)16-15-19-7-13-22(14-8-19)38(30,36)37/h7-14,18,23,25H,15-17H2,1-6H3,(H2,30,36,37). The first-order chi connectivity index (χ1) is 17.6. The molecule has 3 amide bonds. The SMILES string of the molecule is CC(C)c1ccc(N2C(=O)CC(N(CCc3ccc(S(N)(=O)=O)cc3)C(=O)C3C(C)(C)C3(C)C)C2=O)cc1. The van der Waals surface area contributed by atoms with E-state index >= 15 is 0 Å². The molecule has 2 aromatic rings. The van der Waals surface area contributed by atoms with E-state index in [1.54, 1.807) is 29.2 Å². The van der Waals surface area contributed by atoms with E-state index in [1.165, 1.54) is 17.0 Å². The summed E-state index contributed by atoms with van der Waals surface area (Å²) in [6.45, 7) is 12.6. The van der Waals surface area contributed by atoms with Gasteiger partial charge in [0.25, 0.3) is 5.91 Å². The number of carbonyl (C=O) groups is 3. The van der Waals surface area contributed by atoms with Gasteiger partial charge in [0.15, 0.2) is 0 Å². The van der Waals surface area contributed by atoms with Crippen molar-refractivity contribution in [3.63, 3.8) is 0 Å². The summed E-state index contributed by atoms with van der Waals surface area (Å²) >= 11 is 0. The van der Waals surface area contributed by atoms with Crippen LogP contribution in [0.25, 0.3) is 0 Å². The van der Waals surface area contributed by atoms with E-state index in [0.29, 0.717) is 18.0 Å². The number of amides is 3. The van der Waals surface area contributed by atoms with E-state index in [-0.39, 0.29) is 46.4 Å². The molecule has 4 rings (SSSR count). The lowest BCUT2D eigenvalue weighted by Crippen LogP contribution is -2.47. The van der Waals surface area contributed by atoms with Crippen LogP contribution in [0.5, 0.6) is 0 Å². The van der Waals surface area contributed by atoms with E-state index < -0.39 is 22.0 Å². The van der Waals surface area contributed by atoms with Crippen LogP contribution in [-0.2, 0) is 30.8 Å². The molecule has 0 bridgehead atoms. The van der Waals surface area contributed by atoms with Crippen LogP contribution in [0.1, 0.15) is 65.0 Å². The van der Waals surface area contributed by atoms with Gasteiger partial charge in [0.2, 0.25) is 21.8 Å². The lowest BCUT2D eigenvalue weighted by atomic mass is 10.0. The predicted molar refractivity (Wildman–Crippen MR) is 146 cm³/mol. The Hall–Kier alpha value is -3.04. The summed E-state index contributed by atoms with van der Waals surface area (Å²) in [4.78, 5) is 43.4. The number of nitrogens with zero attached hydrogens (tertiary/aromatic N) is 2. The molecule has 1 aliphatic heterocycles. The van der Waals surface area contributed by atoms with Crippen LogP contribution in [0.2, 0.25) is 0 Å². The number of sulfonamides is 1. The Morgan fingerprint density at radius 1 is 1.00 bits per heavy atom. The smallest absolute Gasteiger partial charge is 0.257 e. The molecular formula is C29H37N3O5S. The maximum Gasteiger partial charge on any atom is 0.257 e. The van der Waals surface area contributed by atoms with Gasteiger partial charge < -0.3 is 4.90 Å². The Balaban J connectivity index is 1.60. The summed E-state index contributed by atoms with van der Waals surface area (Å²) in [6, 6.07) is 12.6. The van der Waals surface area contributed by atoms with Crippen molar-refractivity contribution in [1.29, 1.82) is 0 Å². The van der Waals surface area contributed by atoms with Crippen LogP contribution in [-0.4, -0.2) is 43.6 Å². The number of imide groups is 1. The van der Waals surface area contributed by atoms with Crippen molar-refractivity contribution in [3.05, 3.63) is 59.7 Å². The van der Waals surface area contributed by atoms with Crippen LogP contribution >= 0.6 is 0 Å². The Kier molecular flexibility index (Phi) is 7.08. The molecule has 0 spiro atoms. The molecule has 2 aliphatic rings. The number of hydrogen-bond acceptors (Lipinski definition) is 5. The van der Waals surface area contributed by atoms with Crippen molar-refractivity contribution < 1.29 is 22.8 Å². The van der Waals surface area contributed by atoms with E-state index in [2.05, 4.69) is 13.8 Å². The molecule has 2 fully saturated rings. The highest BCUT2D eigenvalue weighted by Gasteiger charge is 2.69. The number of carbonyl (C=O) groups excluding carboxylic acids is 3. The van der Waals surface area contributed by atoms with Gasteiger partial charge in [-0.15, -0.1) is 0 Å². The van der Waals surface area contributed by atoms with Gasteiger partial charge in [-0.2, -0.15) is 0 Å². The van der Waals surface area contributed by atoms with Crippen LogP contribution in [0.3, 0.4) is 0 Å². The molecule has 2 N–H and O–H groups in total. The summed E-state index contributed by atoms with van der Waals surface area (Å²) in [5.41, 5.74) is 1.93. The van der Waals surface area contributed by atoms with Gasteiger partial charge in [-0.3, -0.25) is 14.4 Å². The van der Waals surface area contributed by atoms with Crippen molar-refractivity contribution in [3.8, 4) is 0 Å². The van der Waals surface area contributed by atoms with Crippen molar-refractivity contribution in [1.82, 2.24) is 4.90 Å². The fourth-order valence-electron chi connectivity index (χ4n) is 5.63. The highest BCUT2D eigenvalue weighted by molar-refractivity contribution is 7.89. The topological polar surface area (TPSA) is 118 Å². The molecule has 1 heterocycles. The van der Waals surface area contributed by atoms with E-state index in [4.69, 9.17) is 5.14 Å². The van der Waals surface area contributed by atoms with Gasteiger partial charge in [0.05, 0.1) is 17.0 Å². The minimum absolute atomic E-state index is 0.00589. The molecule has 1 unspecified atom stereocenters. The Labute approximate surface area is 225 Å².